The zero-order valence-electron chi connectivity index (χ0n) is 13.5. The third kappa shape index (κ3) is 2.91. The predicted molar refractivity (Wildman–Crippen MR) is 97.5 cm³/mol. The average molecular weight is 331 g/mol. The lowest BCUT2D eigenvalue weighted by Crippen LogP contribution is -1.98. The Bertz CT molecular complexity index is 1030. The molecular weight excluding hydrogens is 314 g/mol. The van der Waals surface area contributed by atoms with Crippen molar-refractivity contribution in [1.82, 2.24) is 25.4 Å². The molecule has 4 aromatic rings. The number of aromatic amines is 2. The predicted octanol–water partition coefficient (Wildman–Crippen LogP) is 4.05. The molecule has 1 saturated carbocycles. The lowest BCUT2D eigenvalue weighted by atomic mass is 10.2. The van der Waals surface area contributed by atoms with E-state index in [1.807, 2.05) is 42.6 Å². The van der Waals surface area contributed by atoms with Crippen molar-refractivity contribution in [2.45, 2.75) is 18.8 Å². The molecular formula is C18H17N7. The summed E-state index contributed by atoms with van der Waals surface area (Å²) in [7, 11) is 0. The first-order chi connectivity index (χ1) is 12.3. The zero-order chi connectivity index (χ0) is 16.6. The van der Waals surface area contributed by atoms with Crippen LogP contribution in [0.4, 0.5) is 23.1 Å². The molecule has 1 aromatic carbocycles. The number of benzene rings is 1. The fourth-order valence-corrected chi connectivity index (χ4v) is 2.87. The maximum absolute atomic E-state index is 4.60. The summed E-state index contributed by atoms with van der Waals surface area (Å²) in [6.45, 7) is 0. The van der Waals surface area contributed by atoms with Crippen molar-refractivity contribution in [1.29, 1.82) is 0 Å². The van der Waals surface area contributed by atoms with Crippen LogP contribution in [-0.2, 0) is 0 Å². The lowest BCUT2D eigenvalue weighted by Gasteiger charge is -2.08. The van der Waals surface area contributed by atoms with Crippen LogP contribution in [-0.4, -0.2) is 25.4 Å². The second-order valence-corrected chi connectivity index (χ2v) is 6.31. The second kappa shape index (κ2) is 5.62. The van der Waals surface area contributed by atoms with E-state index in [0.29, 0.717) is 5.92 Å². The van der Waals surface area contributed by atoms with Gasteiger partial charge in [-0.2, -0.15) is 10.2 Å². The Morgan fingerprint density at radius 1 is 0.920 bits per heavy atom. The van der Waals surface area contributed by atoms with Crippen LogP contribution in [0.2, 0.25) is 0 Å². The van der Waals surface area contributed by atoms with Crippen LogP contribution in [0.5, 0.6) is 0 Å². The molecule has 0 atom stereocenters. The number of hydrogen-bond donors (Lipinski definition) is 4. The maximum atomic E-state index is 4.60. The molecule has 0 radical (unpaired) electrons. The summed E-state index contributed by atoms with van der Waals surface area (Å²) in [6, 6.07) is 13.9. The SMILES string of the molecule is c1cc(Nc2ccc3cn[nH]c3c2)nc(Nc2cc(C3CC3)[nH]n2)c1. The molecule has 4 N–H and O–H groups in total. The minimum Gasteiger partial charge on any atom is -0.340 e. The molecule has 1 aliphatic carbocycles. The maximum Gasteiger partial charge on any atom is 0.153 e. The molecule has 3 heterocycles. The van der Waals surface area contributed by atoms with E-state index in [-0.39, 0.29) is 0 Å². The summed E-state index contributed by atoms with van der Waals surface area (Å²) in [6.07, 6.45) is 4.31. The first kappa shape index (κ1) is 14.0. The quantitative estimate of drug-likeness (QED) is 0.443. The molecule has 7 heteroatoms. The van der Waals surface area contributed by atoms with E-state index >= 15 is 0 Å². The van der Waals surface area contributed by atoms with Crippen LogP contribution < -0.4 is 10.6 Å². The van der Waals surface area contributed by atoms with E-state index in [0.717, 1.165) is 34.0 Å². The standard InChI is InChI=1S/C18H17N7/c1-2-16(20-13-7-6-12-10-19-23-14(12)8-13)21-17(3-1)22-18-9-15(24-25-18)11-4-5-11/h1-3,6-11H,4-5H2,(H,19,23)(H3,20,21,22,24,25). The van der Waals surface area contributed by atoms with E-state index in [9.17, 15) is 0 Å². The van der Waals surface area contributed by atoms with Gasteiger partial charge in [-0.1, -0.05) is 6.07 Å². The summed E-state index contributed by atoms with van der Waals surface area (Å²) < 4.78 is 0. The molecule has 7 nitrogen and oxygen atoms in total. The molecule has 3 aromatic heterocycles. The van der Waals surface area contributed by atoms with E-state index in [4.69, 9.17) is 0 Å². The van der Waals surface area contributed by atoms with E-state index in [1.54, 1.807) is 0 Å². The molecule has 0 aliphatic heterocycles. The van der Waals surface area contributed by atoms with Gasteiger partial charge in [-0.15, -0.1) is 0 Å². The van der Waals surface area contributed by atoms with Crippen LogP contribution in [0, 0.1) is 0 Å². The minimum atomic E-state index is 0.654. The van der Waals surface area contributed by atoms with Crippen molar-refractivity contribution >= 4 is 34.0 Å². The van der Waals surface area contributed by atoms with Crippen molar-refractivity contribution in [2.75, 3.05) is 10.6 Å². The molecule has 0 bridgehead atoms. The van der Waals surface area contributed by atoms with Crippen molar-refractivity contribution in [2.24, 2.45) is 0 Å². The third-order valence-electron chi connectivity index (χ3n) is 4.33. The van der Waals surface area contributed by atoms with E-state index < -0.39 is 0 Å². The van der Waals surface area contributed by atoms with Gasteiger partial charge in [0.15, 0.2) is 5.82 Å². The van der Waals surface area contributed by atoms with Crippen molar-refractivity contribution in [3.05, 3.63) is 54.4 Å². The number of nitrogens with one attached hydrogen (secondary N) is 4. The van der Waals surface area contributed by atoms with Gasteiger partial charge in [-0.3, -0.25) is 10.2 Å². The van der Waals surface area contributed by atoms with Gasteiger partial charge in [-0.05, 0) is 43.2 Å². The number of fused-ring (bicyclic) bond motifs is 1. The first-order valence-electron chi connectivity index (χ1n) is 8.33. The molecule has 5 rings (SSSR count). The fourth-order valence-electron chi connectivity index (χ4n) is 2.87. The van der Waals surface area contributed by atoms with Crippen molar-refractivity contribution in [3.8, 4) is 0 Å². The van der Waals surface area contributed by atoms with Gasteiger partial charge in [0.05, 0.1) is 11.7 Å². The first-order valence-corrected chi connectivity index (χ1v) is 8.33. The fraction of sp³-hybridized carbons (Fsp3) is 0.167. The van der Waals surface area contributed by atoms with E-state index in [1.165, 1.54) is 18.5 Å². The Kier molecular flexibility index (Phi) is 3.16. The minimum absolute atomic E-state index is 0.654. The highest BCUT2D eigenvalue weighted by molar-refractivity contribution is 5.82. The number of H-pyrrole nitrogens is 2. The van der Waals surface area contributed by atoms with Gasteiger partial charge >= 0.3 is 0 Å². The Balaban J connectivity index is 1.34. The number of pyridine rings is 1. The highest BCUT2D eigenvalue weighted by Crippen LogP contribution is 2.39. The molecule has 0 saturated heterocycles. The summed E-state index contributed by atoms with van der Waals surface area (Å²) in [5.41, 5.74) is 3.14. The second-order valence-electron chi connectivity index (χ2n) is 6.31. The average Bonchev–Trinajstić information content (AvgIpc) is 3.18. The number of hydrogen-bond acceptors (Lipinski definition) is 5. The summed E-state index contributed by atoms with van der Waals surface area (Å²) in [5.74, 6) is 2.97. The summed E-state index contributed by atoms with van der Waals surface area (Å²) >= 11 is 0. The molecule has 0 spiro atoms. The van der Waals surface area contributed by atoms with Crippen LogP contribution in [0.25, 0.3) is 10.9 Å². The Morgan fingerprint density at radius 3 is 2.68 bits per heavy atom. The monoisotopic (exact) mass is 331 g/mol. The lowest BCUT2D eigenvalue weighted by molar-refractivity contribution is 0.966. The van der Waals surface area contributed by atoms with Crippen LogP contribution in [0.15, 0.2) is 48.7 Å². The van der Waals surface area contributed by atoms with Crippen LogP contribution >= 0.6 is 0 Å². The third-order valence-corrected chi connectivity index (χ3v) is 4.33. The Labute approximate surface area is 143 Å². The van der Waals surface area contributed by atoms with Gasteiger partial charge in [0, 0.05) is 28.8 Å². The molecule has 0 unspecified atom stereocenters. The zero-order valence-corrected chi connectivity index (χ0v) is 13.5. The molecule has 25 heavy (non-hydrogen) atoms. The number of rotatable bonds is 5. The summed E-state index contributed by atoms with van der Waals surface area (Å²) in [4.78, 5) is 4.60. The van der Waals surface area contributed by atoms with Gasteiger partial charge in [0.25, 0.3) is 0 Å². The van der Waals surface area contributed by atoms with Crippen LogP contribution in [0.1, 0.15) is 24.5 Å². The van der Waals surface area contributed by atoms with E-state index in [2.05, 4.69) is 42.1 Å². The largest absolute Gasteiger partial charge is 0.340 e. The smallest absolute Gasteiger partial charge is 0.153 e. The Hall–Kier alpha value is -3.35. The highest BCUT2D eigenvalue weighted by atomic mass is 15.2. The van der Waals surface area contributed by atoms with Gasteiger partial charge in [-0.25, -0.2) is 4.98 Å². The number of nitrogens with zero attached hydrogens (tertiary/aromatic N) is 3. The summed E-state index contributed by atoms with van der Waals surface area (Å²) in [5, 5.41) is 22.1. The highest BCUT2D eigenvalue weighted by Gasteiger charge is 2.25. The Morgan fingerprint density at radius 2 is 1.80 bits per heavy atom. The molecule has 0 amide bonds. The molecule has 124 valence electrons. The normalized spacial score (nSPS) is 13.9. The van der Waals surface area contributed by atoms with Crippen molar-refractivity contribution < 1.29 is 0 Å². The topological polar surface area (TPSA) is 94.3 Å². The van der Waals surface area contributed by atoms with Gasteiger partial charge in [0.1, 0.15) is 11.6 Å². The molecule has 1 fully saturated rings. The van der Waals surface area contributed by atoms with Crippen molar-refractivity contribution in [3.63, 3.8) is 0 Å². The van der Waals surface area contributed by atoms with Crippen LogP contribution in [0.3, 0.4) is 0 Å². The number of aromatic nitrogens is 5. The number of anilines is 4. The van der Waals surface area contributed by atoms with Gasteiger partial charge in [0.2, 0.25) is 0 Å². The molecule has 1 aliphatic rings. The van der Waals surface area contributed by atoms with Gasteiger partial charge < -0.3 is 10.6 Å².